The number of halogens is 1. The van der Waals surface area contributed by atoms with E-state index in [9.17, 15) is 0 Å². The second-order valence-corrected chi connectivity index (χ2v) is 7.70. The predicted octanol–water partition coefficient (Wildman–Crippen LogP) is 4.51. The summed E-state index contributed by atoms with van der Waals surface area (Å²) >= 11 is 5.36. The summed E-state index contributed by atoms with van der Waals surface area (Å²) in [6.07, 6.45) is 0. The number of thioether (sulfide) groups is 1. The Kier molecular flexibility index (Phi) is 5.38. The molecule has 2 aromatic carbocycles. The van der Waals surface area contributed by atoms with Gasteiger partial charge in [-0.25, -0.2) is 4.98 Å². The second kappa shape index (κ2) is 7.90. The standard InChI is InChI=1S/C19H19BrN2O3S/c1-23-7-6-22-16-5-3-2-4-15(16)21-19(22)26-12-13-10-17-18(11-14(13)20)25-9-8-24-17/h2-5,10-11H,6-9,12H2,1H3. The van der Waals surface area contributed by atoms with E-state index in [1.807, 2.05) is 30.3 Å². The Hall–Kier alpha value is -1.70. The highest BCUT2D eigenvalue weighted by atomic mass is 79.9. The molecule has 7 heteroatoms. The van der Waals surface area contributed by atoms with Gasteiger partial charge in [0, 0.05) is 23.9 Å². The Morgan fingerprint density at radius 2 is 1.96 bits per heavy atom. The normalized spacial score (nSPS) is 13.3. The zero-order valence-corrected chi connectivity index (χ0v) is 16.8. The molecule has 0 unspecified atom stereocenters. The number of nitrogens with zero attached hydrogens (tertiary/aromatic N) is 2. The van der Waals surface area contributed by atoms with E-state index in [1.165, 1.54) is 0 Å². The first kappa shape index (κ1) is 17.7. The van der Waals surface area contributed by atoms with Crippen molar-refractivity contribution in [3.63, 3.8) is 0 Å². The van der Waals surface area contributed by atoms with E-state index in [0.717, 1.165) is 50.0 Å². The molecule has 0 bridgehead atoms. The van der Waals surface area contributed by atoms with Gasteiger partial charge in [-0.3, -0.25) is 0 Å². The summed E-state index contributed by atoms with van der Waals surface area (Å²) in [7, 11) is 1.72. The molecule has 0 fully saturated rings. The molecular weight excluding hydrogens is 416 g/mol. The number of imidazole rings is 1. The van der Waals surface area contributed by atoms with Crippen LogP contribution in [-0.4, -0.2) is 36.5 Å². The van der Waals surface area contributed by atoms with E-state index in [1.54, 1.807) is 18.9 Å². The van der Waals surface area contributed by atoms with Gasteiger partial charge in [-0.15, -0.1) is 0 Å². The van der Waals surface area contributed by atoms with Crippen molar-refractivity contribution in [2.75, 3.05) is 26.9 Å². The highest BCUT2D eigenvalue weighted by Crippen LogP contribution is 2.38. The van der Waals surface area contributed by atoms with Crippen molar-refractivity contribution in [2.24, 2.45) is 0 Å². The Labute approximate surface area is 164 Å². The third-order valence-corrected chi connectivity index (χ3v) is 5.97. The van der Waals surface area contributed by atoms with Gasteiger partial charge in [0.15, 0.2) is 16.7 Å². The molecule has 0 atom stereocenters. The van der Waals surface area contributed by atoms with Crippen LogP contribution in [-0.2, 0) is 17.0 Å². The van der Waals surface area contributed by atoms with Crippen molar-refractivity contribution in [1.29, 1.82) is 0 Å². The fourth-order valence-electron chi connectivity index (χ4n) is 2.92. The lowest BCUT2D eigenvalue weighted by Gasteiger charge is -2.19. The minimum atomic E-state index is 0.591. The van der Waals surface area contributed by atoms with E-state index in [4.69, 9.17) is 19.2 Å². The average molecular weight is 435 g/mol. The van der Waals surface area contributed by atoms with Crippen molar-refractivity contribution in [3.05, 3.63) is 46.4 Å². The molecule has 1 aromatic heterocycles. The molecule has 26 heavy (non-hydrogen) atoms. The first-order chi connectivity index (χ1) is 12.8. The summed E-state index contributed by atoms with van der Waals surface area (Å²) in [4.78, 5) is 4.80. The molecule has 5 nitrogen and oxygen atoms in total. The van der Waals surface area contributed by atoms with Crippen LogP contribution in [0.5, 0.6) is 11.5 Å². The highest BCUT2D eigenvalue weighted by molar-refractivity contribution is 9.10. The van der Waals surface area contributed by atoms with Crippen LogP contribution in [0.3, 0.4) is 0 Å². The van der Waals surface area contributed by atoms with Gasteiger partial charge in [0.05, 0.1) is 17.6 Å². The van der Waals surface area contributed by atoms with E-state index in [0.29, 0.717) is 19.8 Å². The van der Waals surface area contributed by atoms with Crippen molar-refractivity contribution in [3.8, 4) is 11.5 Å². The molecule has 2 heterocycles. The summed E-state index contributed by atoms with van der Waals surface area (Å²) in [5.74, 6) is 2.39. The molecule has 0 aliphatic carbocycles. The highest BCUT2D eigenvalue weighted by Gasteiger charge is 2.16. The summed E-state index contributed by atoms with van der Waals surface area (Å²) in [6, 6.07) is 12.2. The topological polar surface area (TPSA) is 45.5 Å². The Balaban J connectivity index is 1.60. The largest absolute Gasteiger partial charge is 0.486 e. The van der Waals surface area contributed by atoms with Crippen molar-refractivity contribution in [2.45, 2.75) is 17.5 Å². The Bertz CT molecular complexity index is 929. The van der Waals surface area contributed by atoms with Crippen molar-refractivity contribution >= 4 is 38.7 Å². The molecular formula is C19H19BrN2O3S. The molecule has 1 aliphatic rings. The van der Waals surface area contributed by atoms with Crippen LogP contribution >= 0.6 is 27.7 Å². The van der Waals surface area contributed by atoms with Crippen LogP contribution in [0.2, 0.25) is 0 Å². The van der Waals surface area contributed by atoms with Gasteiger partial charge in [0.25, 0.3) is 0 Å². The van der Waals surface area contributed by atoms with Crippen LogP contribution in [0.25, 0.3) is 11.0 Å². The summed E-state index contributed by atoms with van der Waals surface area (Å²) in [5.41, 5.74) is 3.30. The lowest BCUT2D eigenvalue weighted by Crippen LogP contribution is -2.15. The molecule has 3 aromatic rings. The number of para-hydroxylation sites is 2. The van der Waals surface area contributed by atoms with Gasteiger partial charge in [0.2, 0.25) is 0 Å². The molecule has 0 radical (unpaired) electrons. The Morgan fingerprint density at radius 3 is 2.77 bits per heavy atom. The summed E-state index contributed by atoms with van der Waals surface area (Å²) in [5, 5.41) is 0.991. The van der Waals surface area contributed by atoms with Gasteiger partial charge < -0.3 is 18.8 Å². The molecule has 0 spiro atoms. The molecule has 4 rings (SSSR count). The first-order valence-electron chi connectivity index (χ1n) is 8.41. The minimum Gasteiger partial charge on any atom is -0.486 e. The van der Waals surface area contributed by atoms with Crippen LogP contribution < -0.4 is 9.47 Å². The van der Waals surface area contributed by atoms with Gasteiger partial charge in [-0.1, -0.05) is 39.8 Å². The zero-order chi connectivity index (χ0) is 17.9. The second-order valence-electron chi connectivity index (χ2n) is 5.90. The van der Waals surface area contributed by atoms with Gasteiger partial charge >= 0.3 is 0 Å². The smallest absolute Gasteiger partial charge is 0.169 e. The number of hydrogen-bond donors (Lipinski definition) is 0. The lowest BCUT2D eigenvalue weighted by atomic mass is 10.2. The fourth-order valence-corrected chi connectivity index (χ4v) is 4.60. The minimum absolute atomic E-state index is 0.591. The van der Waals surface area contributed by atoms with E-state index < -0.39 is 0 Å². The average Bonchev–Trinajstić information content (AvgIpc) is 3.02. The van der Waals surface area contributed by atoms with E-state index in [-0.39, 0.29) is 0 Å². The maximum atomic E-state index is 5.70. The van der Waals surface area contributed by atoms with Gasteiger partial charge in [-0.2, -0.15) is 0 Å². The van der Waals surface area contributed by atoms with Crippen molar-refractivity contribution < 1.29 is 14.2 Å². The number of fused-ring (bicyclic) bond motifs is 2. The van der Waals surface area contributed by atoms with Crippen LogP contribution in [0, 0.1) is 0 Å². The SMILES string of the molecule is COCCn1c(SCc2cc3c(cc2Br)OCCO3)nc2ccccc21. The third kappa shape index (κ3) is 3.56. The molecule has 1 aliphatic heterocycles. The number of hydrogen-bond acceptors (Lipinski definition) is 5. The maximum Gasteiger partial charge on any atom is 0.169 e. The predicted molar refractivity (Wildman–Crippen MR) is 106 cm³/mol. The zero-order valence-electron chi connectivity index (χ0n) is 14.4. The molecule has 136 valence electrons. The van der Waals surface area contributed by atoms with E-state index in [2.05, 4.69) is 26.6 Å². The Morgan fingerprint density at radius 1 is 1.19 bits per heavy atom. The van der Waals surface area contributed by atoms with Crippen molar-refractivity contribution in [1.82, 2.24) is 9.55 Å². The van der Waals surface area contributed by atoms with Crippen LogP contribution in [0.1, 0.15) is 5.56 Å². The first-order valence-corrected chi connectivity index (χ1v) is 10.2. The number of rotatable bonds is 6. The third-order valence-electron chi connectivity index (χ3n) is 4.21. The molecule has 0 amide bonds. The van der Waals surface area contributed by atoms with Crippen LogP contribution in [0.4, 0.5) is 0 Å². The summed E-state index contributed by atoms with van der Waals surface area (Å²) < 4.78 is 19.8. The fraction of sp³-hybridized carbons (Fsp3) is 0.316. The number of methoxy groups -OCH3 is 1. The quantitative estimate of drug-likeness (QED) is 0.534. The van der Waals surface area contributed by atoms with Crippen LogP contribution in [0.15, 0.2) is 46.0 Å². The molecule has 0 saturated carbocycles. The molecule has 0 N–H and O–H groups in total. The summed E-state index contributed by atoms with van der Waals surface area (Å²) in [6.45, 7) is 2.62. The van der Waals surface area contributed by atoms with Gasteiger partial charge in [-0.05, 0) is 29.8 Å². The monoisotopic (exact) mass is 434 g/mol. The lowest BCUT2D eigenvalue weighted by molar-refractivity contribution is 0.171. The number of aromatic nitrogens is 2. The maximum absolute atomic E-state index is 5.70. The number of benzene rings is 2. The number of ether oxygens (including phenoxy) is 3. The van der Waals surface area contributed by atoms with E-state index >= 15 is 0 Å². The molecule has 0 saturated heterocycles. The van der Waals surface area contributed by atoms with Gasteiger partial charge in [0.1, 0.15) is 13.2 Å².